The number of carbonyl (C=O) groups excluding carboxylic acids is 1. The number of benzene rings is 2. The van der Waals surface area contributed by atoms with Crippen molar-refractivity contribution in [2.45, 2.75) is 6.92 Å². The van der Waals surface area contributed by atoms with Crippen LogP contribution in [0.4, 0.5) is 5.69 Å². The van der Waals surface area contributed by atoms with Gasteiger partial charge in [0.15, 0.2) is 0 Å². The SMILES string of the molecule is C=CCOc1c(I)cc(/C=C2\SC(=Nc3ccccc3)C(C(=O)OCC)=C2O)cc1I. The van der Waals surface area contributed by atoms with E-state index in [0.29, 0.717) is 22.2 Å². The molecular weight excluding hydrogens is 640 g/mol. The van der Waals surface area contributed by atoms with Gasteiger partial charge in [0, 0.05) is 0 Å². The lowest BCUT2D eigenvalue weighted by Gasteiger charge is -2.10. The fourth-order valence-electron chi connectivity index (χ4n) is 2.71. The molecule has 2 aromatic rings. The maximum Gasteiger partial charge on any atom is 0.344 e. The second-order valence-corrected chi connectivity index (χ2v) is 9.58. The maximum absolute atomic E-state index is 12.5. The van der Waals surface area contributed by atoms with Crippen molar-refractivity contribution in [3.63, 3.8) is 0 Å². The molecule has 8 heteroatoms. The lowest BCUT2D eigenvalue weighted by Crippen LogP contribution is -2.12. The number of halogens is 2. The summed E-state index contributed by atoms with van der Waals surface area (Å²) in [7, 11) is 0. The Hall–Kier alpha value is -1.79. The second-order valence-electron chi connectivity index (χ2n) is 6.22. The highest BCUT2D eigenvalue weighted by Gasteiger charge is 2.33. The first-order valence-electron chi connectivity index (χ1n) is 9.31. The highest BCUT2D eigenvalue weighted by Crippen LogP contribution is 2.41. The molecule has 0 spiro atoms. The van der Waals surface area contributed by atoms with E-state index < -0.39 is 5.97 Å². The van der Waals surface area contributed by atoms with Gasteiger partial charge in [-0.05, 0) is 88.0 Å². The molecule has 0 saturated heterocycles. The summed E-state index contributed by atoms with van der Waals surface area (Å²) in [4.78, 5) is 17.6. The monoisotopic (exact) mass is 659 g/mol. The molecule has 0 radical (unpaired) electrons. The Balaban J connectivity index is 2.01. The molecule has 1 aliphatic heterocycles. The van der Waals surface area contributed by atoms with Crippen LogP contribution in [0.15, 0.2) is 76.3 Å². The first-order valence-corrected chi connectivity index (χ1v) is 12.3. The van der Waals surface area contributed by atoms with Gasteiger partial charge in [0.05, 0.1) is 24.3 Å². The summed E-state index contributed by atoms with van der Waals surface area (Å²) in [6.45, 7) is 6.03. The molecule has 0 aliphatic carbocycles. The van der Waals surface area contributed by atoms with Gasteiger partial charge in [-0.1, -0.05) is 42.6 Å². The zero-order chi connectivity index (χ0) is 22.4. The normalized spacial score (nSPS) is 16.1. The Morgan fingerprint density at radius 2 is 1.90 bits per heavy atom. The minimum absolute atomic E-state index is 0.0808. The molecule has 3 rings (SSSR count). The summed E-state index contributed by atoms with van der Waals surface area (Å²) >= 11 is 5.67. The molecule has 0 fully saturated rings. The van der Waals surface area contributed by atoms with Gasteiger partial charge < -0.3 is 14.6 Å². The molecule has 0 aromatic heterocycles. The van der Waals surface area contributed by atoms with Crippen molar-refractivity contribution in [3.05, 3.63) is 84.1 Å². The topological polar surface area (TPSA) is 68.1 Å². The summed E-state index contributed by atoms with van der Waals surface area (Å²) < 4.78 is 12.7. The van der Waals surface area contributed by atoms with Gasteiger partial charge in [-0.3, -0.25) is 0 Å². The summed E-state index contributed by atoms with van der Waals surface area (Å²) in [5, 5.41) is 11.2. The quantitative estimate of drug-likeness (QED) is 0.205. The first-order chi connectivity index (χ1) is 14.9. The van der Waals surface area contributed by atoms with E-state index in [1.165, 1.54) is 11.8 Å². The summed E-state index contributed by atoms with van der Waals surface area (Å²) in [6.07, 6.45) is 3.53. The van der Waals surface area contributed by atoms with Crippen LogP contribution in [-0.2, 0) is 9.53 Å². The number of aliphatic hydroxyl groups is 1. The number of rotatable bonds is 7. The van der Waals surface area contributed by atoms with E-state index in [4.69, 9.17) is 9.47 Å². The third-order valence-corrected chi connectivity index (χ3v) is 6.64. The van der Waals surface area contributed by atoms with E-state index in [1.54, 1.807) is 13.0 Å². The third kappa shape index (κ3) is 5.92. The van der Waals surface area contributed by atoms with Crippen molar-refractivity contribution in [3.8, 4) is 5.75 Å². The van der Waals surface area contributed by atoms with Crippen LogP contribution in [0.25, 0.3) is 6.08 Å². The van der Waals surface area contributed by atoms with Crippen molar-refractivity contribution >= 4 is 79.7 Å². The zero-order valence-electron chi connectivity index (χ0n) is 16.6. The predicted octanol–water partition coefficient (Wildman–Crippen LogP) is 6.65. The van der Waals surface area contributed by atoms with Crippen LogP contribution < -0.4 is 4.74 Å². The Labute approximate surface area is 212 Å². The third-order valence-electron chi connectivity index (χ3n) is 4.02. The van der Waals surface area contributed by atoms with Crippen molar-refractivity contribution in [2.24, 2.45) is 4.99 Å². The van der Waals surface area contributed by atoms with Crippen molar-refractivity contribution in [1.29, 1.82) is 0 Å². The maximum atomic E-state index is 12.5. The van der Waals surface area contributed by atoms with E-state index in [0.717, 1.165) is 18.5 Å². The lowest BCUT2D eigenvalue weighted by molar-refractivity contribution is -0.138. The molecule has 160 valence electrons. The molecule has 0 bridgehead atoms. The number of aliphatic imine (C=N–C) groups is 1. The summed E-state index contributed by atoms with van der Waals surface area (Å²) in [6, 6.07) is 13.2. The molecule has 31 heavy (non-hydrogen) atoms. The minimum Gasteiger partial charge on any atom is -0.506 e. The molecular formula is C23H19I2NO4S. The second kappa shape index (κ2) is 11.2. The number of aliphatic hydroxyl groups excluding tert-OH is 1. The molecule has 1 aliphatic rings. The highest BCUT2D eigenvalue weighted by molar-refractivity contribution is 14.1. The van der Waals surface area contributed by atoms with Gasteiger partial charge in [-0.2, -0.15) is 0 Å². The number of nitrogens with zero attached hydrogens (tertiary/aromatic N) is 1. The van der Waals surface area contributed by atoms with Gasteiger partial charge in [-0.25, -0.2) is 9.79 Å². The zero-order valence-corrected chi connectivity index (χ0v) is 21.7. The van der Waals surface area contributed by atoms with Crippen LogP contribution in [-0.4, -0.2) is 29.3 Å². The van der Waals surface area contributed by atoms with Crippen LogP contribution in [0.5, 0.6) is 5.75 Å². The molecule has 0 unspecified atom stereocenters. The van der Waals surface area contributed by atoms with E-state index >= 15 is 0 Å². The average molecular weight is 659 g/mol. The lowest BCUT2D eigenvalue weighted by atomic mass is 10.1. The molecule has 1 heterocycles. The number of thioether (sulfide) groups is 1. The Kier molecular flexibility index (Phi) is 8.61. The van der Waals surface area contributed by atoms with Crippen LogP contribution in [0.3, 0.4) is 0 Å². The van der Waals surface area contributed by atoms with Gasteiger partial charge in [-0.15, -0.1) is 0 Å². The summed E-state index contributed by atoms with van der Waals surface area (Å²) in [5.41, 5.74) is 1.64. The smallest absolute Gasteiger partial charge is 0.344 e. The average Bonchev–Trinajstić information content (AvgIpc) is 3.03. The van der Waals surface area contributed by atoms with E-state index in [2.05, 4.69) is 56.8 Å². The Bertz CT molecular complexity index is 1070. The van der Waals surface area contributed by atoms with E-state index in [1.807, 2.05) is 48.5 Å². The molecule has 0 saturated carbocycles. The number of para-hydroxylation sites is 1. The molecule has 0 amide bonds. The van der Waals surface area contributed by atoms with Gasteiger partial charge in [0.25, 0.3) is 0 Å². The minimum atomic E-state index is -0.595. The largest absolute Gasteiger partial charge is 0.506 e. The Morgan fingerprint density at radius 1 is 1.23 bits per heavy atom. The van der Waals surface area contributed by atoms with Crippen LogP contribution in [0, 0.1) is 7.14 Å². The number of hydrogen-bond donors (Lipinski definition) is 1. The van der Waals surface area contributed by atoms with E-state index in [-0.39, 0.29) is 17.9 Å². The number of ether oxygens (including phenoxy) is 2. The predicted molar refractivity (Wildman–Crippen MR) is 143 cm³/mol. The summed E-state index contributed by atoms with van der Waals surface area (Å²) in [5.74, 6) is 0.0682. The standard InChI is InChI=1S/C23H19I2NO4S/c1-3-10-30-21-16(24)11-14(12-17(21)25)13-18-20(27)19(23(28)29-4-2)22(31-18)26-15-8-6-5-7-9-15/h3,5-9,11-13,27H,1,4,10H2,2H3/b18-13-,26-22?. The molecule has 0 atom stereocenters. The molecule has 1 N–H and O–H groups in total. The van der Waals surface area contributed by atoms with Crippen molar-refractivity contribution in [1.82, 2.24) is 0 Å². The van der Waals surface area contributed by atoms with Crippen LogP contribution in [0.2, 0.25) is 0 Å². The molecule has 2 aromatic carbocycles. The van der Waals surface area contributed by atoms with Gasteiger partial charge in [0.2, 0.25) is 0 Å². The number of esters is 1. The highest BCUT2D eigenvalue weighted by atomic mass is 127. The fraction of sp³-hybridized carbons (Fsp3) is 0.130. The van der Waals surface area contributed by atoms with Crippen molar-refractivity contribution < 1.29 is 19.4 Å². The van der Waals surface area contributed by atoms with Crippen LogP contribution >= 0.6 is 56.9 Å². The van der Waals surface area contributed by atoms with E-state index in [9.17, 15) is 9.90 Å². The number of carbonyl (C=O) groups is 1. The number of hydrogen-bond acceptors (Lipinski definition) is 6. The van der Waals surface area contributed by atoms with Crippen molar-refractivity contribution in [2.75, 3.05) is 13.2 Å². The van der Waals surface area contributed by atoms with Crippen LogP contribution in [0.1, 0.15) is 12.5 Å². The fourth-order valence-corrected chi connectivity index (χ4v) is 5.87. The molecule has 5 nitrogen and oxygen atoms in total. The first kappa shape index (κ1) is 23.9. The Morgan fingerprint density at radius 3 is 2.52 bits per heavy atom. The van der Waals surface area contributed by atoms with Gasteiger partial charge >= 0.3 is 5.97 Å². The van der Waals surface area contributed by atoms with Gasteiger partial charge in [0.1, 0.15) is 28.7 Å².